The van der Waals surface area contributed by atoms with Crippen molar-refractivity contribution in [1.29, 1.82) is 0 Å². The van der Waals surface area contributed by atoms with Gasteiger partial charge >= 0.3 is 0 Å². The Hall–Kier alpha value is -1.36. The maximum Gasteiger partial charge on any atom is 0.225 e. The van der Waals surface area contributed by atoms with Gasteiger partial charge in [0.05, 0.1) is 11.5 Å². The number of likely N-dealkylation sites (tertiary alicyclic amines) is 1. The molecule has 32 heavy (non-hydrogen) atoms. The molecule has 2 fully saturated rings. The van der Waals surface area contributed by atoms with Crippen LogP contribution in [0.4, 0.5) is 0 Å². The van der Waals surface area contributed by atoms with E-state index in [0.717, 1.165) is 37.9 Å². The van der Waals surface area contributed by atoms with Gasteiger partial charge in [0.2, 0.25) is 5.91 Å². The molecule has 7 nitrogen and oxygen atoms in total. The summed E-state index contributed by atoms with van der Waals surface area (Å²) in [6.07, 6.45) is 5.81. The fraction of sp³-hybridized carbons (Fsp3) is 0.652. The fourth-order valence-corrected chi connectivity index (χ4v) is 5.81. The molecule has 0 radical (unpaired) electrons. The number of hydrogen-bond donors (Lipinski definition) is 2. The molecule has 1 saturated carbocycles. The maximum atomic E-state index is 12.6. The van der Waals surface area contributed by atoms with Gasteiger partial charge in [0.25, 0.3) is 0 Å². The van der Waals surface area contributed by atoms with Crippen molar-refractivity contribution in [1.82, 2.24) is 15.5 Å². The van der Waals surface area contributed by atoms with Gasteiger partial charge in [-0.05, 0) is 38.2 Å². The van der Waals surface area contributed by atoms with Gasteiger partial charge in [0.15, 0.2) is 15.8 Å². The molecule has 180 valence electrons. The molecule has 1 saturated heterocycles. The van der Waals surface area contributed by atoms with Gasteiger partial charge < -0.3 is 15.5 Å². The highest BCUT2D eigenvalue weighted by atomic mass is 127. The normalized spacial score (nSPS) is 19.6. The molecule has 0 spiro atoms. The summed E-state index contributed by atoms with van der Waals surface area (Å²) >= 11 is 0. The Morgan fingerprint density at radius 1 is 1.16 bits per heavy atom. The van der Waals surface area contributed by atoms with Gasteiger partial charge in [0.1, 0.15) is 0 Å². The van der Waals surface area contributed by atoms with Crippen molar-refractivity contribution in [2.24, 2.45) is 10.9 Å². The predicted octanol–water partition coefficient (Wildman–Crippen LogP) is 2.96. The van der Waals surface area contributed by atoms with Crippen molar-refractivity contribution in [3.8, 4) is 0 Å². The molecule has 1 aliphatic carbocycles. The predicted molar refractivity (Wildman–Crippen MR) is 140 cm³/mol. The van der Waals surface area contributed by atoms with E-state index >= 15 is 0 Å². The number of nitrogens with one attached hydrogen (secondary N) is 2. The second kappa shape index (κ2) is 13.4. The number of nitrogens with zero attached hydrogens (tertiary/aromatic N) is 2. The summed E-state index contributed by atoms with van der Waals surface area (Å²) < 4.78 is 24.7. The molecule has 1 heterocycles. The van der Waals surface area contributed by atoms with Crippen LogP contribution in [-0.4, -0.2) is 63.2 Å². The highest BCUT2D eigenvalue weighted by Crippen LogP contribution is 2.27. The van der Waals surface area contributed by atoms with Crippen LogP contribution in [0, 0.1) is 5.92 Å². The van der Waals surface area contributed by atoms with Gasteiger partial charge in [-0.1, -0.05) is 43.2 Å². The van der Waals surface area contributed by atoms with Crippen molar-refractivity contribution >= 4 is 45.7 Å². The molecular weight excluding hydrogens is 539 g/mol. The van der Waals surface area contributed by atoms with Crippen LogP contribution in [-0.2, 0) is 20.4 Å². The summed E-state index contributed by atoms with van der Waals surface area (Å²) in [7, 11) is -3.15. The zero-order valence-electron chi connectivity index (χ0n) is 19.0. The quantitative estimate of drug-likeness (QED) is 0.204. The number of aliphatic imine (C=N–C) groups is 1. The van der Waals surface area contributed by atoms with Crippen LogP contribution in [0.3, 0.4) is 0 Å². The van der Waals surface area contributed by atoms with Crippen molar-refractivity contribution in [3.63, 3.8) is 0 Å². The highest BCUT2D eigenvalue weighted by molar-refractivity contribution is 14.0. The van der Waals surface area contributed by atoms with Crippen LogP contribution in [0.2, 0.25) is 0 Å². The van der Waals surface area contributed by atoms with E-state index in [-0.39, 0.29) is 47.4 Å². The summed E-state index contributed by atoms with van der Waals surface area (Å²) in [4.78, 5) is 19.2. The standard InChI is InChI=1S/C23H36N4O3S.HI/c1-2-24-23(25-14-8-16-31(29,30)18-19-9-4-3-5-10-19)26-21-13-15-27(17-21)22(28)20-11-6-7-12-20;/h3-5,9-10,20-21H,2,6-8,11-18H2,1H3,(H2,24,25,26);1H. The number of rotatable bonds is 9. The lowest BCUT2D eigenvalue weighted by atomic mass is 10.1. The average molecular weight is 577 g/mol. The zero-order chi connectivity index (χ0) is 22.1. The van der Waals surface area contributed by atoms with Crippen LogP contribution in [0.15, 0.2) is 35.3 Å². The minimum Gasteiger partial charge on any atom is -0.357 e. The molecule has 1 aliphatic heterocycles. The maximum absolute atomic E-state index is 12.6. The number of carbonyl (C=O) groups is 1. The summed E-state index contributed by atoms with van der Waals surface area (Å²) in [5.41, 5.74) is 0.818. The molecular formula is C23H37IN4O3S. The van der Waals surface area contributed by atoms with Gasteiger partial charge in [-0.15, -0.1) is 24.0 Å². The van der Waals surface area contributed by atoms with E-state index in [1.165, 1.54) is 12.8 Å². The first-order valence-electron chi connectivity index (χ1n) is 11.5. The first kappa shape index (κ1) is 26.9. The number of sulfone groups is 1. The highest BCUT2D eigenvalue weighted by Gasteiger charge is 2.32. The SMILES string of the molecule is CCNC(=NCCCS(=O)(=O)Cc1ccccc1)NC1CCN(C(=O)C2CCCC2)C1.I. The monoisotopic (exact) mass is 576 g/mol. The summed E-state index contributed by atoms with van der Waals surface area (Å²) in [5, 5.41) is 6.66. The van der Waals surface area contributed by atoms with Gasteiger partial charge in [-0.25, -0.2) is 8.42 Å². The first-order chi connectivity index (χ1) is 15.0. The Balaban J connectivity index is 0.00000363. The summed E-state index contributed by atoms with van der Waals surface area (Å²) in [6.45, 7) is 4.69. The van der Waals surface area contributed by atoms with E-state index in [1.54, 1.807) is 0 Å². The van der Waals surface area contributed by atoms with E-state index in [2.05, 4.69) is 15.6 Å². The van der Waals surface area contributed by atoms with Gasteiger partial charge in [0, 0.05) is 38.1 Å². The van der Waals surface area contributed by atoms with Crippen molar-refractivity contribution in [3.05, 3.63) is 35.9 Å². The second-order valence-corrected chi connectivity index (χ2v) is 10.8. The van der Waals surface area contributed by atoms with Crippen molar-refractivity contribution in [2.75, 3.05) is 31.9 Å². The zero-order valence-corrected chi connectivity index (χ0v) is 22.1. The molecule has 0 aromatic heterocycles. The van der Waals surface area contributed by atoms with E-state index in [4.69, 9.17) is 0 Å². The van der Waals surface area contributed by atoms with E-state index < -0.39 is 9.84 Å². The number of amides is 1. The number of halogens is 1. The Labute approximate surface area is 209 Å². The molecule has 1 aromatic rings. The van der Waals surface area contributed by atoms with Crippen LogP contribution < -0.4 is 10.6 Å². The van der Waals surface area contributed by atoms with Crippen LogP contribution in [0.5, 0.6) is 0 Å². The number of carbonyl (C=O) groups excluding carboxylic acids is 1. The van der Waals surface area contributed by atoms with Crippen LogP contribution >= 0.6 is 24.0 Å². The van der Waals surface area contributed by atoms with E-state index in [1.807, 2.05) is 42.2 Å². The minimum absolute atomic E-state index is 0. The molecule has 9 heteroatoms. The molecule has 0 bridgehead atoms. The van der Waals surface area contributed by atoms with Gasteiger partial charge in [-0.3, -0.25) is 9.79 Å². The number of benzene rings is 1. The lowest BCUT2D eigenvalue weighted by molar-refractivity contribution is -0.134. The number of hydrogen-bond acceptors (Lipinski definition) is 4. The van der Waals surface area contributed by atoms with Crippen LogP contribution in [0.1, 0.15) is 51.0 Å². The summed E-state index contributed by atoms with van der Waals surface area (Å²) in [6, 6.07) is 9.46. The third-order valence-corrected chi connectivity index (χ3v) is 7.69. The first-order valence-corrected chi connectivity index (χ1v) is 13.4. The Morgan fingerprint density at radius 3 is 2.56 bits per heavy atom. The second-order valence-electron chi connectivity index (χ2n) is 8.59. The Bertz CT molecular complexity index is 842. The third-order valence-electron chi connectivity index (χ3n) is 6.00. The Kier molecular flexibility index (Phi) is 11.2. The molecule has 1 atom stereocenters. The van der Waals surface area contributed by atoms with Crippen molar-refractivity contribution in [2.45, 2.75) is 57.2 Å². The summed E-state index contributed by atoms with van der Waals surface area (Å²) in [5.74, 6) is 1.43. The molecule has 1 aromatic carbocycles. The van der Waals surface area contributed by atoms with Crippen LogP contribution in [0.25, 0.3) is 0 Å². The lowest BCUT2D eigenvalue weighted by Crippen LogP contribution is -2.45. The van der Waals surface area contributed by atoms with E-state index in [9.17, 15) is 13.2 Å². The van der Waals surface area contributed by atoms with Crippen molar-refractivity contribution < 1.29 is 13.2 Å². The largest absolute Gasteiger partial charge is 0.357 e. The topological polar surface area (TPSA) is 90.9 Å². The Morgan fingerprint density at radius 2 is 1.88 bits per heavy atom. The minimum atomic E-state index is -3.15. The molecule has 1 amide bonds. The number of guanidine groups is 1. The molecule has 2 N–H and O–H groups in total. The lowest BCUT2D eigenvalue weighted by Gasteiger charge is -2.21. The molecule has 1 unspecified atom stereocenters. The average Bonchev–Trinajstić information content (AvgIpc) is 3.44. The molecule has 2 aliphatic rings. The molecule has 3 rings (SSSR count). The smallest absolute Gasteiger partial charge is 0.225 e. The third kappa shape index (κ3) is 8.53. The van der Waals surface area contributed by atoms with Gasteiger partial charge in [-0.2, -0.15) is 0 Å². The fourth-order valence-electron chi connectivity index (χ4n) is 4.40. The van der Waals surface area contributed by atoms with E-state index in [0.29, 0.717) is 31.4 Å².